The predicted octanol–water partition coefficient (Wildman–Crippen LogP) is 3.82. The summed E-state index contributed by atoms with van der Waals surface area (Å²) in [6.07, 6.45) is 0. The first-order valence-corrected chi connectivity index (χ1v) is 12.1. The fraction of sp³-hybridized carbons (Fsp3) is 0.375. The van der Waals surface area contributed by atoms with Gasteiger partial charge in [-0.3, -0.25) is 0 Å². The molecule has 0 atom stereocenters. The van der Waals surface area contributed by atoms with E-state index in [-0.39, 0.29) is 11.5 Å². The Morgan fingerprint density at radius 3 is 2.41 bits per heavy atom. The normalized spacial score (nSPS) is 15.4. The average Bonchev–Trinajstić information content (AvgIpc) is 2.77. The lowest BCUT2D eigenvalue weighted by molar-refractivity contribution is 0.0730. The van der Waals surface area contributed by atoms with E-state index in [9.17, 15) is 13.2 Å². The standard InChI is InChI=1S/C24H27NO6S/c1-16(2)21-14-22-18(13-24(26)31-23(22)12-17(21)3)15-30-19-4-6-20(7-5-19)32(27,28)25-8-10-29-11-9-25/h4-7,12-14,16H,8-11,15H2,1-3H3. The summed E-state index contributed by atoms with van der Waals surface area (Å²) in [5.74, 6) is 0.851. The lowest BCUT2D eigenvalue weighted by atomic mass is 9.95. The Morgan fingerprint density at radius 1 is 1.06 bits per heavy atom. The first kappa shape index (κ1) is 22.5. The molecule has 0 radical (unpaired) electrons. The van der Waals surface area contributed by atoms with Gasteiger partial charge in [-0.05, 0) is 60.4 Å². The van der Waals surface area contributed by atoms with Crippen LogP contribution < -0.4 is 10.4 Å². The van der Waals surface area contributed by atoms with Crippen LogP contribution in [0.3, 0.4) is 0 Å². The monoisotopic (exact) mass is 457 g/mol. The fourth-order valence-corrected chi connectivity index (χ4v) is 5.35. The first-order valence-electron chi connectivity index (χ1n) is 10.6. The van der Waals surface area contributed by atoms with Crippen LogP contribution in [0, 0.1) is 6.92 Å². The molecule has 3 aromatic rings. The molecule has 0 amide bonds. The second-order valence-electron chi connectivity index (χ2n) is 8.23. The molecule has 0 unspecified atom stereocenters. The van der Waals surface area contributed by atoms with Crippen LogP contribution >= 0.6 is 0 Å². The Balaban J connectivity index is 1.56. The van der Waals surface area contributed by atoms with Gasteiger partial charge in [-0.2, -0.15) is 4.31 Å². The zero-order valence-corrected chi connectivity index (χ0v) is 19.3. The summed E-state index contributed by atoms with van der Waals surface area (Å²) < 4.78 is 43.5. The number of hydrogen-bond acceptors (Lipinski definition) is 6. The van der Waals surface area contributed by atoms with Crippen molar-refractivity contribution in [2.75, 3.05) is 26.3 Å². The molecule has 32 heavy (non-hydrogen) atoms. The van der Waals surface area contributed by atoms with E-state index in [1.165, 1.54) is 28.1 Å². The van der Waals surface area contributed by atoms with Gasteiger partial charge in [0.05, 0.1) is 18.1 Å². The van der Waals surface area contributed by atoms with Crippen LogP contribution in [0.5, 0.6) is 5.75 Å². The first-order chi connectivity index (χ1) is 15.3. The second-order valence-corrected chi connectivity index (χ2v) is 10.2. The molecule has 2 heterocycles. The molecule has 2 aromatic carbocycles. The quantitative estimate of drug-likeness (QED) is 0.523. The smallest absolute Gasteiger partial charge is 0.336 e. The van der Waals surface area contributed by atoms with Crippen LogP contribution in [-0.2, 0) is 21.4 Å². The number of benzene rings is 2. The van der Waals surface area contributed by atoms with E-state index in [0.29, 0.717) is 43.6 Å². The maximum atomic E-state index is 12.8. The van der Waals surface area contributed by atoms with Crippen molar-refractivity contribution in [1.29, 1.82) is 0 Å². The van der Waals surface area contributed by atoms with E-state index in [2.05, 4.69) is 19.9 Å². The minimum absolute atomic E-state index is 0.165. The van der Waals surface area contributed by atoms with Crippen LogP contribution in [0.4, 0.5) is 0 Å². The average molecular weight is 458 g/mol. The molecule has 1 saturated heterocycles. The molecular weight excluding hydrogens is 430 g/mol. The minimum atomic E-state index is -3.55. The van der Waals surface area contributed by atoms with E-state index < -0.39 is 15.6 Å². The topological polar surface area (TPSA) is 86.0 Å². The lowest BCUT2D eigenvalue weighted by Crippen LogP contribution is -2.40. The molecule has 0 N–H and O–H groups in total. The largest absolute Gasteiger partial charge is 0.489 e. The highest BCUT2D eigenvalue weighted by Gasteiger charge is 2.26. The van der Waals surface area contributed by atoms with Gasteiger partial charge in [0.2, 0.25) is 10.0 Å². The van der Waals surface area contributed by atoms with Gasteiger partial charge in [-0.25, -0.2) is 13.2 Å². The predicted molar refractivity (Wildman–Crippen MR) is 122 cm³/mol. The van der Waals surface area contributed by atoms with Crippen LogP contribution in [0.25, 0.3) is 11.0 Å². The Morgan fingerprint density at radius 2 is 1.75 bits per heavy atom. The molecule has 7 nitrogen and oxygen atoms in total. The maximum Gasteiger partial charge on any atom is 0.336 e. The van der Waals surface area contributed by atoms with Gasteiger partial charge >= 0.3 is 5.63 Å². The van der Waals surface area contributed by atoms with Gasteiger partial charge in [0.15, 0.2) is 0 Å². The number of ether oxygens (including phenoxy) is 2. The number of aryl methyl sites for hydroxylation is 1. The Kier molecular flexibility index (Phi) is 6.37. The van der Waals surface area contributed by atoms with E-state index in [4.69, 9.17) is 13.9 Å². The molecule has 4 rings (SSSR count). The van der Waals surface area contributed by atoms with Crippen LogP contribution in [-0.4, -0.2) is 39.0 Å². The summed E-state index contributed by atoms with van der Waals surface area (Å²) in [5.41, 5.74) is 3.09. The third-order valence-corrected chi connectivity index (χ3v) is 7.58. The third-order valence-electron chi connectivity index (χ3n) is 5.66. The number of morpholine rings is 1. The molecule has 1 aliphatic heterocycles. The summed E-state index contributed by atoms with van der Waals surface area (Å²) >= 11 is 0. The SMILES string of the molecule is Cc1cc2oc(=O)cc(COc3ccc(S(=O)(=O)N4CCOCC4)cc3)c2cc1C(C)C. The number of hydrogen-bond donors (Lipinski definition) is 0. The van der Waals surface area contributed by atoms with Gasteiger partial charge in [-0.1, -0.05) is 13.8 Å². The molecule has 0 spiro atoms. The third kappa shape index (κ3) is 4.57. The second kappa shape index (κ2) is 9.05. The Bertz CT molecular complexity index is 1270. The van der Waals surface area contributed by atoms with Gasteiger partial charge in [0.25, 0.3) is 0 Å². The van der Waals surface area contributed by atoms with Crippen molar-refractivity contribution in [3.05, 3.63) is 69.6 Å². The van der Waals surface area contributed by atoms with Gasteiger partial charge in [0.1, 0.15) is 17.9 Å². The number of nitrogens with zero attached hydrogens (tertiary/aromatic N) is 1. The summed E-state index contributed by atoms with van der Waals surface area (Å²) in [7, 11) is -3.55. The molecule has 8 heteroatoms. The molecular formula is C24H27NO6S. The maximum absolute atomic E-state index is 12.8. The summed E-state index contributed by atoms with van der Waals surface area (Å²) in [6.45, 7) is 7.91. The molecule has 1 fully saturated rings. The lowest BCUT2D eigenvalue weighted by Gasteiger charge is -2.26. The van der Waals surface area contributed by atoms with Crippen LogP contribution in [0.15, 0.2) is 56.6 Å². The highest BCUT2D eigenvalue weighted by Crippen LogP contribution is 2.28. The minimum Gasteiger partial charge on any atom is -0.489 e. The number of sulfonamides is 1. The number of fused-ring (bicyclic) bond motifs is 1. The van der Waals surface area contributed by atoms with E-state index in [1.54, 1.807) is 12.1 Å². The highest BCUT2D eigenvalue weighted by molar-refractivity contribution is 7.89. The van der Waals surface area contributed by atoms with E-state index >= 15 is 0 Å². The van der Waals surface area contributed by atoms with E-state index in [1.807, 2.05) is 13.0 Å². The fourth-order valence-electron chi connectivity index (χ4n) is 3.94. The van der Waals surface area contributed by atoms with Crippen molar-refractivity contribution in [3.63, 3.8) is 0 Å². The Labute approximate surface area is 187 Å². The van der Waals surface area contributed by atoms with Gasteiger partial charge in [-0.15, -0.1) is 0 Å². The van der Waals surface area contributed by atoms with Crippen LogP contribution in [0.1, 0.15) is 36.5 Å². The Hall–Kier alpha value is -2.68. The molecule has 170 valence electrons. The molecule has 0 aliphatic carbocycles. The molecule has 1 aliphatic rings. The van der Waals surface area contributed by atoms with E-state index in [0.717, 1.165) is 16.5 Å². The summed E-state index contributed by atoms with van der Waals surface area (Å²) in [6, 6.07) is 11.7. The molecule has 1 aromatic heterocycles. The van der Waals surface area contributed by atoms with Crippen molar-refractivity contribution in [2.24, 2.45) is 0 Å². The van der Waals surface area contributed by atoms with Gasteiger partial charge in [0, 0.05) is 30.1 Å². The summed E-state index contributed by atoms with van der Waals surface area (Å²) in [5, 5.41) is 0.838. The van der Waals surface area contributed by atoms with Crippen molar-refractivity contribution >= 4 is 21.0 Å². The summed E-state index contributed by atoms with van der Waals surface area (Å²) in [4.78, 5) is 12.3. The van der Waals surface area contributed by atoms with Gasteiger partial charge < -0.3 is 13.9 Å². The van der Waals surface area contributed by atoms with Crippen LogP contribution in [0.2, 0.25) is 0 Å². The van der Waals surface area contributed by atoms with Crippen molar-refractivity contribution in [2.45, 2.75) is 38.2 Å². The zero-order valence-electron chi connectivity index (χ0n) is 18.5. The zero-order chi connectivity index (χ0) is 22.9. The van der Waals surface area contributed by atoms with Crippen molar-refractivity contribution < 1.29 is 22.3 Å². The number of rotatable bonds is 6. The highest BCUT2D eigenvalue weighted by atomic mass is 32.2. The molecule has 0 saturated carbocycles. The van der Waals surface area contributed by atoms with Crippen molar-refractivity contribution in [1.82, 2.24) is 4.31 Å². The van der Waals surface area contributed by atoms with Crippen molar-refractivity contribution in [3.8, 4) is 5.75 Å². The molecule has 0 bridgehead atoms.